The van der Waals surface area contributed by atoms with Gasteiger partial charge in [-0.3, -0.25) is 0 Å². The van der Waals surface area contributed by atoms with E-state index < -0.39 is 0 Å². The van der Waals surface area contributed by atoms with Gasteiger partial charge in [0.15, 0.2) is 0 Å². The highest BCUT2D eigenvalue weighted by Gasteiger charge is 2.11. The Bertz CT molecular complexity index is 554. The first kappa shape index (κ1) is 14.7. The van der Waals surface area contributed by atoms with Crippen LogP contribution in [-0.2, 0) is 6.42 Å². The molecule has 0 saturated carbocycles. The first-order valence-electron chi connectivity index (χ1n) is 7.00. The molecule has 4 nitrogen and oxygen atoms in total. The molecule has 0 fully saturated rings. The molecule has 0 radical (unpaired) electrons. The highest BCUT2D eigenvalue weighted by Crippen LogP contribution is 2.21. The van der Waals surface area contributed by atoms with Crippen molar-refractivity contribution in [1.29, 1.82) is 0 Å². The van der Waals surface area contributed by atoms with E-state index in [0.717, 1.165) is 49.8 Å². The molecular weight excluding hydrogens is 257 g/mol. The standard InChI is InChI=1S/C15H20FN3O/c1-11-10-12(16)7-8-13(11)15-18-14(20-19-15)6-4-2-3-5-9-17/h7-8,10H,2-6,9,17H2,1H3. The summed E-state index contributed by atoms with van der Waals surface area (Å²) in [6.07, 6.45) is 5.10. The Morgan fingerprint density at radius 1 is 1.20 bits per heavy atom. The third-order valence-corrected chi connectivity index (χ3v) is 3.24. The Kier molecular flexibility index (Phi) is 5.24. The maximum atomic E-state index is 13.1. The van der Waals surface area contributed by atoms with Crippen LogP contribution in [0.4, 0.5) is 4.39 Å². The average molecular weight is 277 g/mol. The Morgan fingerprint density at radius 3 is 2.75 bits per heavy atom. The first-order valence-corrected chi connectivity index (χ1v) is 7.00. The molecule has 2 aromatic rings. The van der Waals surface area contributed by atoms with Crippen LogP contribution in [0, 0.1) is 12.7 Å². The lowest BCUT2D eigenvalue weighted by molar-refractivity contribution is 0.374. The highest BCUT2D eigenvalue weighted by atomic mass is 19.1. The van der Waals surface area contributed by atoms with Crippen LogP contribution in [0.5, 0.6) is 0 Å². The molecule has 5 heteroatoms. The molecule has 1 heterocycles. The number of aromatic nitrogens is 2. The van der Waals surface area contributed by atoms with Crippen molar-refractivity contribution in [3.05, 3.63) is 35.5 Å². The molecule has 108 valence electrons. The van der Waals surface area contributed by atoms with E-state index in [-0.39, 0.29) is 5.82 Å². The van der Waals surface area contributed by atoms with Crippen molar-refractivity contribution in [3.8, 4) is 11.4 Å². The topological polar surface area (TPSA) is 64.9 Å². The van der Waals surface area contributed by atoms with Crippen molar-refractivity contribution < 1.29 is 8.91 Å². The SMILES string of the molecule is Cc1cc(F)ccc1-c1noc(CCCCCCN)n1. The van der Waals surface area contributed by atoms with Gasteiger partial charge in [-0.05, 0) is 50.1 Å². The molecule has 0 aliphatic rings. The minimum atomic E-state index is -0.255. The predicted molar refractivity (Wildman–Crippen MR) is 75.7 cm³/mol. The van der Waals surface area contributed by atoms with Gasteiger partial charge in [0, 0.05) is 12.0 Å². The zero-order valence-electron chi connectivity index (χ0n) is 11.7. The smallest absolute Gasteiger partial charge is 0.226 e. The second kappa shape index (κ2) is 7.14. The number of rotatable bonds is 7. The average Bonchev–Trinajstić information content (AvgIpc) is 2.87. The molecule has 2 N–H and O–H groups in total. The summed E-state index contributed by atoms with van der Waals surface area (Å²) in [5.41, 5.74) is 7.06. The van der Waals surface area contributed by atoms with Crippen LogP contribution in [0.1, 0.15) is 37.1 Å². The predicted octanol–water partition coefficient (Wildman–Crippen LogP) is 3.25. The molecule has 0 unspecified atom stereocenters. The number of nitrogens with zero attached hydrogens (tertiary/aromatic N) is 2. The summed E-state index contributed by atoms with van der Waals surface area (Å²) in [5.74, 6) is 0.908. The first-order chi connectivity index (χ1) is 9.70. The highest BCUT2D eigenvalue weighted by molar-refractivity contribution is 5.59. The quantitative estimate of drug-likeness (QED) is 0.789. The molecule has 20 heavy (non-hydrogen) atoms. The van der Waals surface area contributed by atoms with Gasteiger partial charge in [-0.25, -0.2) is 4.39 Å². The normalized spacial score (nSPS) is 10.9. The summed E-state index contributed by atoms with van der Waals surface area (Å²) < 4.78 is 18.3. The van der Waals surface area contributed by atoms with Crippen LogP contribution in [-0.4, -0.2) is 16.7 Å². The van der Waals surface area contributed by atoms with Crippen LogP contribution in [0.15, 0.2) is 22.7 Å². The van der Waals surface area contributed by atoms with Crippen molar-refractivity contribution in [2.75, 3.05) is 6.54 Å². The van der Waals surface area contributed by atoms with Gasteiger partial charge in [-0.2, -0.15) is 4.98 Å². The Morgan fingerprint density at radius 2 is 2.00 bits per heavy atom. The molecule has 0 bridgehead atoms. The molecule has 0 spiro atoms. The van der Waals surface area contributed by atoms with E-state index in [0.29, 0.717) is 11.7 Å². The maximum absolute atomic E-state index is 13.1. The van der Waals surface area contributed by atoms with Crippen molar-refractivity contribution in [3.63, 3.8) is 0 Å². The lowest BCUT2D eigenvalue weighted by Crippen LogP contribution is -1.97. The molecule has 0 atom stereocenters. The van der Waals surface area contributed by atoms with Crippen molar-refractivity contribution in [2.45, 2.75) is 39.0 Å². The number of aryl methyl sites for hydroxylation is 2. The molecule has 0 aliphatic carbocycles. The third-order valence-electron chi connectivity index (χ3n) is 3.24. The number of hydrogen-bond acceptors (Lipinski definition) is 4. The number of unbranched alkanes of at least 4 members (excludes halogenated alkanes) is 3. The summed E-state index contributed by atoms with van der Waals surface area (Å²) in [5, 5.41) is 3.96. The van der Waals surface area contributed by atoms with Gasteiger partial charge in [0.2, 0.25) is 11.7 Å². The van der Waals surface area contributed by atoms with E-state index in [1.54, 1.807) is 6.07 Å². The molecular formula is C15H20FN3O. The monoisotopic (exact) mass is 277 g/mol. The minimum Gasteiger partial charge on any atom is -0.339 e. The van der Waals surface area contributed by atoms with E-state index in [1.807, 2.05) is 6.92 Å². The van der Waals surface area contributed by atoms with Gasteiger partial charge in [-0.15, -0.1) is 0 Å². The fraction of sp³-hybridized carbons (Fsp3) is 0.467. The summed E-state index contributed by atoms with van der Waals surface area (Å²) >= 11 is 0. The summed E-state index contributed by atoms with van der Waals surface area (Å²) in [4.78, 5) is 4.36. The number of benzene rings is 1. The lowest BCUT2D eigenvalue weighted by Gasteiger charge is -1.99. The summed E-state index contributed by atoms with van der Waals surface area (Å²) in [6, 6.07) is 4.56. The Labute approximate surface area is 118 Å². The van der Waals surface area contributed by atoms with E-state index in [1.165, 1.54) is 12.1 Å². The van der Waals surface area contributed by atoms with E-state index in [2.05, 4.69) is 10.1 Å². The third kappa shape index (κ3) is 3.87. The largest absolute Gasteiger partial charge is 0.339 e. The molecule has 1 aromatic carbocycles. The van der Waals surface area contributed by atoms with Crippen molar-refractivity contribution >= 4 is 0 Å². The van der Waals surface area contributed by atoms with E-state index in [9.17, 15) is 4.39 Å². The van der Waals surface area contributed by atoms with E-state index >= 15 is 0 Å². The van der Waals surface area contributed by atoms with Crippen LogP contribution in [0.3, 0.4) is 0 Å². The zero-order valence-corrected chi connectivity index (χ0v) is 11.7. The number of nitrogens with two attached hydrogens (primary N) is 1. The van der Waals surface area contributed by atoms with Crippen LogP contribution >= 0.6 is 0 Å². The molecule has 1 aromatic heterocycles. The van der Waals surface area contributed by atoms with E-state index in [4.69, 9.17) is 10.3 Å². The fourth-order valence-corrected chi connectivity index (χ4v) is 2.12. The minimum absolute atomic E-state index is 0.255. The van der Waals surface area contributed by atoms with Crippen LogP contribution in [0.25, 0.3) is 11.4 Å². The van der Waals surface area contributed by atoms with Gasteiger partial charge in [0.25, 0.3) is 0 Å². The Balaban J connectivity index is 1.95. The van der Waals surface area contributed by atoms with Crippen LogP contribution < -0.4 is 5.73 Å². The zero-order chi connectivity index (χ0) is 14.4. The van der Waals surface area contributed by atoms with Gasteiger partial charge >= 0.3 is 0 Å². The second-order valence-corrected chi connectivity index (χ2v) is 4.92. The number of hydrogen-bond donors (Lipinski definition) is 1. The number of halogens is 1. The summed E-state index contributed by atoms with van der Waals surface area (Å²) in [6.45, 7) is 2.58. The van der Waals surface area contributed by atoms with Crippen molar-refractivity contribution in [2.24, 2.45) is 5.73 Å². The fourth-order valence-electron chi connectivity index (χ4n) is 2.12. The van der Waals surface area contributed by atoms with Gasteiger partial charge in [-0.1, -0.05) is 18.0 Å². The molecule has 2 rings (SSSR count). The molecule has 0 aliphatic heterocycles. The van der Waals surface area contributed by atoms with Crippen LogP contribution in [0.2, 0.25) is 0 Å². The molecule has 0 saturated heterocycles. The lowest BCUT2D eigenvalue weighted by atomic mass is 10.1. The Hall–Kier alpha value is -1.75. The second-order valence-electron chi connectivity index (χ2n) is 4.92. The van der Waals surface area contributed by atoms with Gasteiger partial charge in [0.05, 0.1) is 0 Å². The van der Waals surface area contributed by atoms with Crippen molar-refractivity contribution in [1.82, 2.24) is 10.1 Å². The summed E-state index contributed by atoms with van der Waals surface area (Å²) in [7, 11) is 0. The maximum Gasteiger partial charge on any atom is 0.226 e. The van der Waals surface area contributed by atoms with Gasteiger partial charge < -0.3 is 10.3 Å². The van der Waals surface area contributed by atoms with Gasteiger partial charge in [0.1, 0.15) is 5.82 Å². The molecule has 0 amide bonds.